The van der Waals surface area contributed by atoms with Gasteiger partial charge < -0.3 is 0 Å². The molecule has 0 spiro atoms. The van der Waals surface area contributed by atoms with Crippen molar-refractivity contribution in [3.63, 3.8) is 0 Å². The second-order valence-corrected chi connectivity index (χ2v) is 6.35. The van der Waals surface area contributed by atoms with Gasteiger partial charge in [-0.25, -0.2) is 0 Å². The molecular weight excluding hydrogens is 158 g/mol. The Labute approximate surface area is 82.6 Å². The average molecular weight is 181 g/mol. The lowest BCUT2D eigenvalue weighted by molar-refractivity contribution is 0.149. The van der Waals surface area contributed by atoms with E-state index in [1.165, 1.54) is 0 Å². The molecule has 0 aromatic heterocycles. The molecule has 0 N–H and O–H groups in total. The molecule has 0 aromatic carbocycles. The van der Waals surface area contributed by atoms with E-state index in [-0.39, 0.29) is 0 Å². The van der Waals surface area contributed by atoms with Crippen LogP contribution >= 0.6 is 0 Å². The van der Waals surface area contributed by atoms with E-state index in [2.05, 4.69) is 52.7 Å². The predicted octanol–water partition coefficient (Wildman–Crippen LogP) is 3.54. The van der Waals surface area contributed by atoms with Gasteiger partial charge in [-0.2, -0.15) is 0 Å². The standard InChI is InChI=1S/C12H23N/c1-11(2,3)9-7-8-13-10(9)12(4,5)6/h8-10H,7H2,1-6H3. The van der Waals surface area contributed by atoms with E-state index in [1.807, 2.05) is 0 Å². The molecule has 0 amide bonds. The first-order valence-electron chi connectivity index (χ1n) is 5.24. The maximum atomic E-state index is 4.63. The summed E-state index contributed by atoms with van der Waals surface area (Å²) in [7, 11) is 0. The van der Waals surface area contributed by atoms with Crippen LogP contribution in [0, 0.1) is 16.7 Å². The Hall–Kier alpha value is -0.330. The molecule has 1 nitrogen and oxygen atoms in total. The fraction of sp³-hybridized carbons (Fsp3) is 0.917. The maximum absolute atomic E-state index is 4.63. The van der Waals surface area contributed by atoms with E-state index in [1.54, 1.807) is 0 Å². The van der Waals surface area contributed by atoms with Gasteiger partial charge in [0.05, 0.1) is 6.04 Å². The Morgan fingerprint density at radius 1 is 1.00 bits per heavy atom. The lowest BCUT2D eigenvalue weighted by atomic mass is 9.69. The van der Waals surface area contributed by atoms with Crippen molar-refractivity contribution >= 4 is 6.21 Å². The van der Waals surface area contributed by atoms with Crippen LogP contribution in [0.25, 0.3) is 0 Å². The van der Waals surface area contributed by atoms with Crippen LogP contribution < -0.4 is 0 Å². The van der Waals surface area contributed by atoms with E-state index in [0.29, 0.717) is 22.8 Å². The molecule has 0 fully saturated rings. The summed E-state index contributed by atoms with van der Waals surface area (Å²) >= 11 is 0. The number of rotatable bonds is 0. The first-order chi connectivity index (χ1) is 5.73. The van der Waals surface area contributed by atoms with Gasteiger partial charge in [0.25, 0.3) is 0 Å². The van der Waals surface area contributed by atoms with Gasteiger partial charge in [-0.1, -0.05) is 41.5 Å². The molecule has 0 radical (unpaired) electrons. The van der Waals surface area contributed by atoms with Gasteiger partial charge in [0.2, 0.25) is 0 Å². The normalized spacial score (nSPS) is 29.7. The lowest BCUT2D eigenvalue weighted by Gasteiger charge is -2.37. The summed E-state index contributed by atoms with van der Waals surface area (Å²) < 4.78 is 0. The minimum Gasteiger partial charge on any atom is -0.293 e. The van der Waals surface area contributed by atoms with Crippen LogP contribution in [0.5, 0.6) is 0 Å². The van der Waals surface area contributed by atoms with Crippen LogP contribution in [0.15, 0.2) is 4.99 Å². The molecule has 1 heteroatoms. The van der Waals surface area contributed by atoms with E-state index in [9.17, 15) is 0 Å². The van der Waals surface area contributed by atoms with Crippen molar-refractivity contribution in [1.82, 2.24) is 0 Å². The van der Waals surface area contributed by atoms with Crippen LogP contribution in [-0.2, 0) is 0 Å². The summed E-state index contributed by atoms with van der Waals surface area (Å²) in [5, 5.41) is 0. The minimum absolute atomic E-state index is 0.310. The van der Waals surface area contributed by atoms with Gasteiger partial charge in [-0.3, -0.25) is 4.99 Å². The zero-order valence-electron chi connectivity index (χ0n) is 9.89. The summed E-state index contributed by atoms with van der Waals surface area (Å²) in [5.41, 5.74) is 0.694. The average Bonchev–Trinajstić information content (AvgIpc) is 2.27. The molecule has 13 heavy (non-hydrogen) atoms. The molecule has 1 aliphatic rings. The van der Waals surface area contributed by atoms with Crippen molar-refractivity contribution < 1.29 is 0 Å². The quantitative estimate of drug-likeness (QED) is 0.542. The molecule has 2 atom stereocenters. The number of hydrogen-bond donors (Lipinski definition) is 0. The summed E-state index contributed by atoms with van der Waals surface area (Å²) in [4.78, 5) is 4.63. The lowest BCUT2D eigenvalue weighted by Crippen LogP contribution is -2.36. The van der Waals surface area contributed by atoms with E-state index in [0.717, 1.165) is 6.42 Å². The summed E-state index contributed by atoms with van der Waals surface area (Å²) in [6, 6.07) is 0.507. The zero-order valence-corrected chi connectivity index (χ0v) is 9.89. The van der Waals surface area contributed by atoms with Crippen molar-refractivity contribution in [2.24, 2.45) is 21.7 Å². The third-order valence-corrected chi connectivity index (χ3v) is 3.01. The number of hydrogen-bond acceptors (Lipinski definition) is 1. The maximum Gasteiger partial charge on any atom is 0.0580 e. The number of aliphatic imine (C=N–C) groups is 1. The van der Waals surface area contributed by atoms with E-state index < -0.39 is 0 Å². The molecule has 0 aliphatic carbocycles. The Morgan fingerprint density at radius 2 is 1.54 bits per heavy atom. The molecule has 0 bridgehead atoms. The van der Waals surface area contributed by atoms with Crippen LogP contribution in [-0.4, -0.2) is 12.3 Å². The first kappa shape index (κ1) is 10.7. The van der Waals surface area contributed by atoms with Crippen molar-refractivity contribution in [3.8, 4) is 0 Å². The molecule has 1 heterocycles. The van der Waals surface area contributed by atoms with E-state index in [4.69, 9.17) is 0 Å². The second kappa shape index (κ2) is 3.11. The van der Waals surface area contributed by atoms with Crippen molar-refractivity contribution in [1.29, 1.82) is 0 Å². The van der Waals surface area contributed by atoms with Crippen LogP contribution in [0.4, 0.5) is 0 Å². The fourth-order valence-corrected chi connectivity index (χ4v) is 2.18. The topological polar surface area (TPSA) is 12.4 Å². The second-order valence-electron chi connectivity index (χ2n) is 6.35. The van der Waals surface area contributed by atoms with Gasteiger partial charge in [0, 0.05) is 0 Å². The van der Waals surface area contributed by atoms with Gasteiger partial charge in [0.15, 0.2) is 0 Å². The smallest absolute Gasteiger partial charge is 0.0580 e. The predicted molar refractivity (Wildman–Crippen MR) is 59.3 cm³/mol. The Bertz CT molecular complexity index is 202. The third kappa shape index (κ3) is 2.32. The highest BCUT2D eigenvalue weighted by Crippen LogP contribution is 2.42. The molecule has 0 aromatic rings. The molecule has 0 saturated heterocycles. The summed E-state index contributed by atoms with van der Waals surface area (Å²) in [6.45, 7) is 13.8. The highest BCUT2D eigenvalue weighted by molar-refractivity contribution is 5.61. The molecule has 2 unspecified atom stereocenters. The van der Waals surface area contributed by atoms with Gasteiger partial charge in [0.1, 0.15) is 0 Å². The van der Waals surface area contributed by atoms with E-state index >= 15 is 0 Å². The highest BCUT2D eigenvalue weighted by atomic mass is 14.9. The molecule has 1 aliphatic heterocycles. The Balaban J connectivity index is 2.81. The SMILES string of the molecule is CC(C)(C)C1CC=NC1C(C)(C)C. The minimum atomic E-state index is 0.310. The largest absolute Gasteiger partial charge is 0.293 e. The summed E-state index contributed by atoms with van der Waals surface area (Å²) in [6.07, 6.45) is 3.28. The van der Waals surface area contributed by atoms with Crippen LogP contribution in [0.3, 0.4) is 0 Å². The molecule has 76 valence electrons. The summed E-state index contributed by atoms with van der Waals surface area (Å²) in [5.74, 6) is 0.715. The van der Waals surface area contributed by atoms with Gasteiger partial charge >= 0.3 is 0 Å². The first-order valence-corrected chi connectivity index (χ1v) is 5.24. The molecular formula is C12H23N. The van der Waals surface area contributed by atoms with Crippen LogP contribution in [0.1, 0.15) is 48.0 Å². The van der Waals surface area contributed by atoms with Crippen molar-refractivity contribution in [3.05, 3.63) is 0 Å². The Morgan fingerprint density at radius 3 is 1.85 bits per heavy atom. The number of nitrogens with zero attached hydrogens (tertiary/aromatic N) is 1. The third-order valence-electron chi connectivity index (χ3n) is 3.01. The highest BCUT2D eigenvalue weighted by Gasteiger charge is 2.40. The van der Waals surface area contributed by atoms with Gasteiger partial charge in [-0.15, -0.1) is 0 Å². The van der Waals surface area contributed by atoms with Crippen molar-refractivity contribution in [2.75, 3.05) is 0 Å². The molecule has 1 rings (SSSR count). The zero-order chi connectivity index (χ0) is 10.3. The van der Waals surface area contributed by atoms with Crippen molar-refractivity contribution in [2.45, 2.75) is 54.0 Å². The Kier molecular flexibility index (Phi) is 2.57. The van der Waals surface area contributed by atoms with Gasteiger partial charge in [-0.05, 0) is 29.4 Å². The fourth-order valence-electron chi connectivity index (χ4n) is 2.18. The molecule has 0 saturated carbocycles. The monoisotopic (exact) mass is 181 g/mol. The van der Waals surface area contributed by atoms with Crippen LogP contribution in [0.2, 0.25) is 0 Å².